The number of anilines is 1. The highest BCUT2D eigenvalue weighted by Crippen LogP contribution is 2.37. The highest BCUT2D eigenvalue weighted by molar-refractivity contribution is 6.30. The van der Waals surface area contributed by atoms with E-state index in [9.17, 15) is 14.4 Å². The second-order valence-electron chi connectivity index (χ2n) is 11.9. The number of hydrogen-bond donors (Lipinski definition) is 1. The lowest BCUT2D eigenvalue weighted by Crippen LogP contribution is -2.52. The van der Waals surface area contributed by atoms with Crippen LogP contribution in [-0.2, 0) is 22.6 Å². The molecule has 0 aromatic heterocycles. The largest absolute Gasteiger partial charge is 0.352 e. The minimum absolute atomic E-state index is 0.0335. The zero-order valence-corrected chi connectivity index (χ0v) is 25.6. The summed E-state index contributed by atoms with van der Waals surface area (Å²) in [7, 11) is 0. The van der Waals surface area contributed by atoms with E-state index in [2.05, 4.69) is 5.32 Å². The lowest BCUT2D eigenvalue weighted by atomic mass is 9.94. The summed E-state index contributed by atoms with van der Waals surface area (Å²) in [5.41, 5.74) is 3.45. The van der Waals surface area contributed by atoms with Crippen LogP contribution in [0.4, 0.5) is 5.69 Å². The van der Waals surface area contributed by atoms with Crippen molar-refractivity contribution >= 4 is 45.8 Å². The van der Waals surface area contributed by atoms with Crippen molar-refractivity contribution in [3.05, 3.63) is 113 Å². The number of nitrogens with one attached hydrogen (secondary N) is 1. The summed E-state index contributed by atoms with van der Waals surface area (Å²) in [6.45, 7) is 0.684. The van der Waals surface area contributed by atoms with E-state index in [4.69, 9.17) is 11.6 Å². The second kappa shape index (κ2) is 13.6. The van der Waals surface area contributed by atoms with Gasteiger partial charge in [-0.1, -0.05) is 97.6 Å². The number of nitrogens with zero attached hydrogens (tertiary/aromatic N) is 2. The minimum atomic E-state index is -0.683. The highest BCUT2D eigenvalue weighted by atomic mass is 35.5. The van der Waals surface area contributed by atoms with Crippen molar-refractivity contribution in [2.45, 2.75) is 70.0 Å². The number of hydrogen-bond acceptors (Lipinski definition) is 3. The molecule has 0 spiro atoms. The number of rotatable bonds is 11. The van der Waals surface area contributed by atoms with Crippen LogP contribution in [0.15, 0.2) is 91.0 Å². The average Bonchev–Trinajstić information content (AvgIpc) is 3.31. The first kappa shape index (κ1) is 29.9. The number of benzene rings is 4. The maximum atomic E-state index is 14.1. The Labute approximate surface area is 264 Å². The van der Waals surface area contributed by atoms with Gasteiger partial charge in [0.05, 0.1) is 5.69 Å². The molecule has 6 rings (SSSR count). The third-order valence-electron chi connectivity index (χ3n) is 8.89. The first-order valence-corrected chi connectivity index (χ1v) is 16.1. The molecule has 1 heterocycles. The first-order chi connectivity index (χ1) is 21.5. The van der Waals surface area contributed by atoms with Crippen molar-refractivity contribution in [1.29, 1.82) is 0 Å². The lowest BCUT2D eigenvalue weighted by Gasteiger charge is -2.33. The maximum absolute atomic E-state index is 14.1. The molecule has 1 fully saturated rings. The number of amides is 3. The second-order valence-corrected chi connectivity index (χ2v) is 12.4. The molecular formula is C37H38ClN3O3. The van der Waals surface area contributed by atoms with Crippen LogP contribution in [-0.4, -0.2) is 41.2 Å². The Balaban J connectivity index is 1.23. The van der Waals surface area contributed by atoms with Crippen LogP contribution >= 0.6 is 11.6 Å². The van der Waals surface area contributed by atoms with Crippen LogP contribution in [0.3, 0.4) is 0 Å². The van der Waals surface area contributed by atoms with E-state index in [0.717, 1.165) is 53.3 Å². The van der Waals surface area contributed by atoms with Gasteiger partial charge < -0.3 is 15.1 Å². The topological polar surface area (TPSA) is 69.7 Å². The van der Waals surface area contributed by atoms with Crippen LogP contribution in [0.1, 0.15) is 66.4 Å². The van der Waals surface area contributed by atoms with E-state index in [0.29, 0.717) is 30.0 Å². The van der Waals surface area contributed by atoms with Gasteiger partial charge in [0.2, 0.25) is 11.8 Å². The molecule has 6 nitrogen and oxygen atoms in total. The Morgan fingerprint density at radius 2 is 1.61 bits per heavy atom. The summed E-state index contributed by atoms with van der Waals surface area (Å²) < 4.78 is 0. The van der Waals surface area contributed by atoms with Crippen LogP contribution < -0.4 is 10.2 Å². The minimum Gasteiger partial charge on any atom is -0.352 e. The fraction of sp³-hybridized carbons (Fsp3) is 0.324. The van der Waals surface area contributed by atoms with Gasteiger partial charge in [-0.05, 0) is 60.0 Å². The molecule has 1 saturated carbocycles. The van der Waals surface area contributed by atoms with E-state index < -0.39 is 6.04 Å². The molecule has 1 aliphatic carbocycles. The van der Waals surface area contributed by atoms with Crippen molar-refractivity contribution in [1.82, 2.24) is 10.2 Å². The fourth-order valence-corrected chi connectivity index (χ4v) is 6.88. The highest BCUT2D eigenvalue weighted by Gasteiger charge is 2.33. The molecule has 4 aromatic carbocycles. The van der Waals surface area contributed by atoms with Gasteiger partial charge in [0.1, 0.15) is 6.04 Å². The summed E-state index contributed by atoms with van der Waals surface area (Å²) in [5, 5.41) is 5.88. The predicted octanol–water partition coefficient (Wildman–Crippen LogP) is 7.32. The molecule has 0 unspecified atom stereocenters. The molecule has 226 valence electrons. The van der Waals surface area contributed by atoms with Gasteiger partial charge in [-0.15, -0.1) is 0 Å². The Morgan fingerprint density at radius 1 is 0.886 bits per heavy atom. The van der Waals surface area contributed by atoms with Crippen molar-refractivity contribution in [2.24, 2.45) is 0 Å². The van der Waals surface area contributed by atoms with Crippen LogP contribution in [0.5, 0.6) is 0 Å². The van der Waals surface area contributed by atoms with Crippen molar-refractivity contribution in [3.8, 4) is 0 Å². The third kappa shape index (κ3) is 6.66. The van der Waals surface area contributed by atoms with E-state index in [1.807, 2.05) is 84.9 Å². The molecular weight excluding hydrogens is 570 g/mol. The lowest BCUT2D eigenvalue weighted by molar-refractivity contribution is -0.141. The first-order valence-electron chi connectivity index (χ1n) is 15.7. The molecule has 1 atom stereocenters. The molecule has 1 aliphatic heterocycles. The Morgan fingerprint density at radius 3 is 2.39 bits per heavy atom. The van der Waals surface area contributed by atoms with Crippen molar-refractivity contribution in [2.75, 3.05) is 11.4 Å². The summed E-state index contributed by atoms with van der Waals surface area (Å²) in [5.74, 6) is -0.270. The Kier molecular flexibility index (Phi) is 9.27. The van der Waals surface area contributed by atoms with E-state index in [-0.39, 0.29) is 36.7 Å². The molecule has 0 radical (unpaired) electrons. The van der Waals surface area contributed by atoms with E-state index >= 15 is 0 Å². The number of carbonyl (C=O) groups excluding carboxylic acids is 3. The van der Waals surface area contributed by atoms with Gasteiger partial charge >= 0.3 is 0 Å². The van der Waals surface area contributed by atoms with Crippen molar-refractivity contribution < 1.29 is 14.4 Å². The fourth-order valence-electron chi connectivity index (χ4n) is 6.66. The van der Waals surface area contributed by atoms with Gasteiger partial charge in [0, 0.05) is 47.9 Å². The molecule has 2 aliphatic rings. The Bertz CT molecular complexity index is 1650. The summed E-state index contributed by atoms with van der Waals surface area (Å²) in [4.78, 5) is 44.9. The number of carbonyl (C=O) groups is 3. The van der Waals surface area contributed by atoms with Crippen molar-refractivity contribution in [3.63, 3.8) is 0 Å². The maximum Gasteiger partial charge on any atom is 0.258 e. The van der Waals surface area contributed by atoms with E-state index in [1.54, 1.807) is 15.9 Å². The van der Waals surface area contributed by atoms with E-state index in [1.165, 1.54) is 6.42 Å². The molecule has 3 amide bonds. The smallest absolute Gasteiger partial charge is 0.258 e. The predicted molar refractivity (Wildman–Crippen MR) is 176 cm³/mol. The quantitative estimate of drug-likeness (QED) is 0.194. The van der Waals surface area contributed by atoms with Gasteiger partial charge in [0.15, 0.2) is 0 Å². The van der Waals surface area contributed by atoms with Gasteiger partial charge in [-0.2, -0.15) is 0 Å². The molecule has 0 saturated heterocycles. The molecule has 4 aromatic rings. The normalized spacial score (nSPS) is 15.4. The molecule has 1 N–H and O–H groups in total. The summed E-state index contributed by atoms with van der Waals surface area (Å²) in [6.07, 6.45) is 6.42. The molecule has 44 heavy (non-hydrogen) atoms. The standard InChI is InChI=1S/C37H38ClN3O3/c38-29-16-7-13-27(23-29)25-41(33(24-26-11-3-1-4-12-26)36(43)39-30-17-5-2-6-18-30)34(42)21-10-22-40-32-20-9-15-28-14-8-19-31(35(28)32)37(40)44/h1,3-4,7-9,11-16,19-20,23,30,33H,2,5-6,10,17-18,21-22,24-25H2,(H,39,43)/t33-/m1/s1. The zero-order valence-electron chi connectivity index (χ0n) is 24.9. The van der Waals surface area contributed by atoms with Gasteiger partial charge in [-0.25, -0.2) is 0 Å². The molecule has 0 bridgehead atoms. The van der Waals surface area contributed by atoms with Crippen LogP contribution in [0.25, 0.3) is 10.8 Å². The Hall–Kier alpha value is -4.16. The van der Waals surface area contributed by atoms with Crippen LogP contribution in [0, 0.1) is 0 Å². The third-order valence-corrected chi connectivity index (χ3v) is 9.12. The zero-order chi connectivity index (χ0) is 30.5. The van der Waals surface area contributed by atoms with Gasteiger partial charge in [0.25, 0.3) is 5.91 Å². The van der Waals surface area contributed by atoms with Crippen LogP contribution in [0.2, 0.25) is 5.02 Å². The summed E-state index contributed by atoms with van der Waals surface area (Å²) in [6, 6.07) is 28.5. The summed E-state index contributed by atoms with van der Waals surface area (Å²) >= 11 is 6.33. The number of halogens is 1. The monoisotopic (exact) mass is 607 g/mol. The average molecular weight is 608 g/mol. The molecule has 7 heteroatoms. The SMILES string of the molecule is O=C(NC1CCCCC1)[C@@H](Cc1ccccc1)N(Cc1cccc(Cl)c1)C(=O)CCCN1C(=O)c2cccc3cccc1c23. The van der Waals surface area contributed by atoms with Gasteiger partial charge in [-0.3, -0.25) is 14.4 Å².